The second-order valence-electron chi connectivity index (χ2n) is 5.77. The number of nitrogens with two attached hydrogens (primary N) is 1. The number of hydrogen-bond acceptors (Lipinski definition) is 2. The van der Waals surface area contributed by atoms with Gasteiger partial charge in [-0.25, -0.2) is 4.39 Å². The van der Waals surface area contributed by atoms with Crippen LogP contribution in [-0.4, -0.2) is 12.1 Å². The lowest BCUT2D eigenvalue weighted by Gasteiger charge is -2.34. The molecule has 2 unspecified atom stereocenters. The highest BCUT2D eigenvalue weighted by molar-refractivity contribution is 9.10. The van der Waals surface area contributed by atoms with E-state index in [1.165, 1.54) is 25.3 Å². The molecule has 3 N–H and O–H groups in total. The Hall–Kier alpha value is -0.610. The van der Waals surface area contributed by atoms with E-state index in [1.807, 2.05) is 0 Å². The molecule has 4 heteroatoms. The molecule has 0 aliphatic heterocycles. The number of hydrogen-bond donors (Lipinski definition) is 2. The van der Waals surface area contributed by atoms with Crippen molar-refractivity contribution in [3.63, 3.8) is 0 Å². The molecule has 1 aromatic rings. The SMILES string of the molecule is CC1CCCC(CN)(Nc2ccc(F)c(Br)c2)CC1. The van der Waals surface area contributed by atoms with Gasteiger partial charge in [0.1, 0.15) is 5.82 Å². The lowest BCUT2D eigenvalue weighted by molar-refractivity contribution is 0.409. The maximum atomic E-state index is 13.3. The summed E-state index contributed by atoms with van der Waals surface area (Å²) in [6, 6.07) is 5.06. The molecule has 1 fully saturated rings. The first-order valence-electron chi connectivity index (χ1n) is 6.98. The zero-order chi connectivity index (χ0) is 13.9. The summed E-state index contributed by atoms with van der Waals surface area (Å²) in [5, 5.41) is 3.55. The highest BCUT2D eigenvalue weighted by atomic mass is 79.9. The zero-order valence-electron chi connectivity index (χ0n) is 11.4. The van der Waals surface area contributed by atoms with Gasteiger partial charge in [-0.15, -0.1) is 0 Å². The quantitative estimate of drug-likeness (QED) is 0.812. The van der Waals surface area contributed by atoms with Crippen molar-refractivity contribution in [1.82, 2.24) is 0 Å². The van der Waals surface area contributed by atoms with Crippen molar-refractivity contribution in [1.29, 1.82) is 0 Å². The van der Waals surface area contributed by atoms with Crippen LogP contribution in [0.1, 0.15) is 39.0 Å². The predicted octanol–water partition coefficient (Wildman–Crippen LogP) is 4.30. The maximum absolute atomic E-state index is 13.3. The second-order valence-corrected chi connectivity index (χ2v) is 6.63. The van der Waals surface area contributed by atoms with Crippen LogP contribution in [0.5, 0.6) is 0 Å². The fourth-order valence-electron chi connectivity index (χ4n) is 2.84. The summed E-state index contributed by atoms with van der Waals surface area (Å²) in [7, 11) is 0. The summed E-state index contributed by atoms with van der Waals surface area (Å²) < 4.78 is 13.8. The summed E-state index contributed by atoms with van der Waals surface area (Å²) in [4.78, 5) is 0. The van der Waals surface area contributed by atoms with E-state index >= 15 is 0 Å². The third-order valence-corrected chi connectivity index (χ3v) is 4.80. The van der Waals surface area contributed by atoms with E-state index in [0.717, 1.165) is 24.4 Å². The standard InChI is InChI=1S/C15H22BrFN2/c1-11-3-2-7-15(10-18,8-6-11)19-12-4-5-14(17)13(16)9-12/h4-5,9,11,19H,2-3,6-8,10,18H2,1H3. The summed E-state index contributed by atoms with van der Waals surface area (Å²) in [6.45, 7) is 2.93. The van der Waals surface area contributed by atoms with Gasteiger partial charge in [0.05, 0.1) is 4.47 Å². The highest BCUT2D eigenvalue weighted by Crippen LogP contribution is 2.33. The van der Waals surface area contributed by atoms with Gasteiger partial charge in [-0.05, 0) is 59.3 Å². The van der Waals surface area contributed by atoms with Crippen LogP contribution >= 0.6 is 15.9 Å². The average molecular weight is 329 g/mol. The van der Waals surface area contributed by atoms with Crippen molar-refractivity contribution in [2.75, 3.05) is 11.9 Å². The smallest absolute Gasteiger partial charge is 0.137 e. The first-order chi connectivity index (χ1) is 9.04. The number of anilines is 1. The molecule has 0 heterocycles. The monoisotopic (exact) mass is 328 g/mol. The van der Waals surface area contributed by atoms with Gasteiger partial charge < -0.3 is 11.1 Å². The molecule has 19 heavy (non-hydrogen) atoms. The molecular formula is C15H22BrFN2. The van der Waals surface area contributed by atoms with Crippen molar-refractivity contribution in [3.8, 4) is 0 Å². The zero-order valence-corrected chi connectivity index (χ0v) is 13.0. The van der Waals surface area contributed by atoms with E-state index in [1.54, 1.807) is 12.1 Å². The van der Waals surface area contributed by atoms with Gasteiger partial charge in [0.15, 0.2) is 0 Å². The fourth-order valence-corrected chi connectivity index (χ4v) is 3.22. The Balaban J connectivity index is 2.15. The van der Waals surface area contributed by atoms with E-state index in [0.29, 0.717) is 11.0 Å². The molecule has 2 rings (SSSR count). The fraction of sp³-hybridized carbons (Fsp3) is 0.600. The summed E-state index contributed by atoms with van der Waals surface area (Å²) in [6.07, 6.45) is 5.85. The normalized spacial score (nSPS) is 27.9. The van der Waals surface area contributed by atoms with E-state index in [-0.39, 0.29) is 11.4 Å². The Morgan fingerprint density at radius 1 is 1.42 bits per heavy atom. The molecule has 1 aliphatic carbocycles. The van der Waals surface area contributed by atoms with Gasteiger partial charge >= 0.3 is 0 Å². The molecule has 2 atom stereocenters. The number of halogens is 2. The van der Waals surface area contributed by atoms with Crippen LogP contribution in [0.3, 0.4) is 0 Å². The van der Waals surface area contributed by atoms with Crippen LogP contribution in [0.4, 0.5) is 10.1 Å². The molecule has 0 bridgehead atoms. The van der Waals surface area contributed by atoms with Crippen LogP contribution in [0, 0.1) is 11.7 Å². The van der Waals surface area contributed by atoms with Gasteiger partial charge in [-0.2, -0.15) is 0 Å². The third-order valence-electron chi connectivity index (χ3n) is 4.19. The van der Waals surface area contributed by atoms with E-state index in [4.69, 9.17) is 5.73 Å². The van der Waals surface area contributed by atoms with Crippen LogP contribution in [0.15, 0.2) is 22.7 Å². The minimum Gasteiger partial charge on any atom is -0.378 e. The number of rotatable bonds is 3. The Labute approximate surface area is 123 Å². The molecule has 106 valence electrons. The Bertz CT molecular complexity index is 438. The van der Waals surface area contributed by atoms with Crippen molar-refractivity contribution in [2.24, 2.45) is 11.7 Å². The van der Waals surface area contributed by atoms with Crippen LogP contribution in [0.2, 0.25) is 0 Å². The molecule has 0 amide bonds. The second kappa shape index (κ2) is 6.23. The van der Waals surface area contributed by atoms with E-state index in [9.17, 15) is 4.39 Å². The lowest BCUT2D eigenvalue weighted by Crippen LogP contribution is -2.45. The van der Waals surface area contributed by atoms with Gasteiger partial charge in [0, 0.05) is 17.8 Å². The first kappa shape index (κ1) is 14.8. The first-order valence-corrected chi connectivity index (χ1v) is 7.77. The molecule has 1 aromatic carbocycles. The molecule has 0 aromatic heterocycles. The van der Waals surface area contributed by atoms with Crippen molar-refractivity contribution in [2.45, 2.75) is 44.6 Å². The summed E-state index contributed by atoms with van der Waals surface area (Å²) >= 11 is 3.23. The Morgan fingerprint density at radius 2 is 2.21 bits per heavy atom. The predicted molar refractivity (Wildman–Crippen MR) is 81.8 cm³/mol. The topological polar surface area (TPSA) is 38.0 Å². The summed E-state index contributed by atoms with van der Waals surface area (Å²) in [5.41, 5.74) is 6.92. The van der Waals surface area contributed by atoms with Crippen LogP contribution < -0.4 is 11.1 Å². The minimum atomic E-state index is -0.234. The van der Waals surface area contributed by atoms with E-state index in [2.05, 4.69) is 28.2 Å². The van der Waals surface area contributed by atoms with Crippen molar-refractivity contribution in [3.05, 3.63) is 28.5 Å². The number of benzene rings is 1. The lowest BCUT2D eigenvalue weighted by atomic mass is 9.89. The molecule has 1 saturated carbocycles. The molecule has 1 aliphatic rings. The van der Waals surface area contributed by atoms with Gasteiger partial charge in [0.25, 0.3) is 0 Å². The largest absolute Gasteiger partial charge is 0.378 e. The summed E-state index contributed by atoms with van der Waals surface area (Å²) in [5.74, 6) is 0.539. The van der Waals surface area contributed by atoms with Gasteiger partial charge in [0.2, 0.25) is 0 Å². The molecular weight excluding hydrogens is 307 g/mol. The molecule has 0 spiro atoms. The van der Waals surface area contributed by atoms with E-state index < -0.39 is 0 Å². The number of nitrogens with one attached hydrogen (secondary N) is 1. The average Bonchev–Trinajstić information content (AvgIpc) is 2.57. The van der Waals surface area contributed by atoms with Crippen molar-refractivity contribution >= 4 is 21.6 Å². The van der Waals surface area contributed by atoms with Crippen LogP contribution in [-0.2, 0) is 0 Å². The molecule has 2 nitrogen and oxygen atoms in total. The Morgan fingerprint density at radius 3 is 2.89 bits per heavy atom. The minimum absolute atomic E-state index is 0.0397. The Kier molecular flexibility index (Phi) is 4.85. The molecule has 0 radical (unpaired) electrons. The van der Waals surface area contributed by atoms with Gasteiger partial charge in [-0.3, -0.25) is 0 Å². The highest BCUT2D eigenvalue weighted by Gasteiger charge is 2.31. The van der Waals surface area contributed by atoms with Crippen LogP contribution in [0.25, 0.3) is 0 Å². The third kappa shape index (κ3) is 3.69. The van der Waals surface area contributed by atoms with Crippen molar-refractivity contribution < 1.29 is 4.39 Å². The molecule has 0 saturated heterocycles. The van der Waals surface area contributed by atoms with Gasteiger partial charge in [-0.1, -0.05) is 19.8 Å². The maximum Gasteiger partial charge on any atom is 0.137 e.